The number of ether oxygens (including phenoxy) is 8. The molecule has 0 amide bonds. The maximum absolute atomic E-state index is 12.4. The second-order valence-electron chi connectivity index (χ2n) is 22.4. The van der Waals surface area contributed by atoms with Crippen molar-refractivity contribution in [1.29, 1.82) is 0 Å². The molecule has 0 radical (unpaired) electrons. The third-order valence-electron chi connectivity index (χ3n) is 18.7. The molecule has 17 nitrogen and oxygen atoms in total. The number of hydrogen-bond acceptors (Lipinski definition) is 17. The van der Waals surface area contributed by atoms with Gasteiger partial charge in [0.15, 0.2) is 24.7 Å². The first-order chi connectivity index (χ1) is 29.6. The number of aliphatic hydroxyl groups is 9. The van der Waals surface area contributed by atoms with Crippen LogP contribution in [0.5, 0.6) is 0 Å². The van der Waals surface area contributed by atoms with Gasteiger partial charge in [0, 0.05) is 23.7 Å². The summed E-state index contributed by atoms with van der Waals surface area (Å²) in [6, 6.07) is 0. The van der Waals surface area contributed by atoms with Crippen molar-refractivity contribution in [2.75, 3.05) is 33.0 Å². The third kappa shape index (κ3) is 6.95. The van der Waals surface area contributed by atoms with Crippen molar-refractivity contribution in [3.8, 4) is 0 Å². The Labute approximate surface area is 369 Å². The van der Waals surface area contributed by atoms with E-state index in [1.165, 1.54) is 0 Å². The first kappa shape index (κ1) is 47.1. The van der Waals surface area contributed by atoms with Crippen LogP contribution in [0.2, 0.25) is 0 Å². The van der Waals surface area contributed by atoms with Crippen molar-refractivity contribution in [1.82, 2.24) is 0 Å². The molecule has 9 rings (SSSR count). The standard InChI is InChI=1S/C46H74O17/c1-21(2)14-22-17-57-46-19-45(20-58-46)23(37(46)44(22,7)55)8-9-28-42(5)12-11-29(41(3,4)27(42)10-13-43(28,45)6)61-40-36(63-38-33(53)31(51)26(16-48)60-38)35(24(49)18-56-40)62-39-34(54)32(52)30(50)25(15-47)59-39/h14,22-40,47-55H,8-13,15-20H2,1-7H3/t22-,23-,24+,25-,26+,27+,28-,29+,30-,31+,32+,33-,34-,35+,36-,37-,38+,39+,40+,42+,43-,44+,45+,46-/m1/s1. The molecule has 0 aromatic carbocycles. The summed E-state index contributed by atoms with van der Waals surface area (Å²) < 4.78 is 50.5. The lowest BCUT2D eigenvalue weighted by molar-refractivity contribution is -0.375. The molecule has 9 aliphatic rings. The second-order valence-corrected chi connectivity index (χ2v) is 22.4. The van der Waals surface area contributed by atoms with Crippen LogP contribution in [0.4, 0.5) is 0 Å². The van der Waals surface area contributed by atoms with E-state index in [0.29, 0.717) is 25.6 Å². The van der Waals surface area contributed by atoms with Crippen LogP contribution in [-0.4, -0.2) is 176 Å². The van der Waals surface area contributed by atoms with Gasteiger partial charge < -0.3 is 83.9 Å². The van der Waals surface area contributed by atoms with Crippen LogP contribution in [0.15, 0.2) is 11.6 Å². The van der Waals surface area contributed by atoms with Crippen molar-refractivity contribution in [3.63, 3.8) is 0 Å². The highest BCUT2D eigenvalue weighted by Gasteiger charge is 2.81. The maximum atomic E-state index is 12.4. The van der Waals surface area contributed by atoms with E-state index in [0.717, 1.165) is 44.1 Å². The first-order valence-electron chi connectivity index (χ1n) is 23.4. The molecule has 5 aliphatic heterocycles. The van der Waals surface area contributed by atoms with Gasteiger partial charge in [-0.1, -0.05) is 39.3 Å². The molecule has 9 fully saturated rings. The molecule has 5 heterocycles. The molecule has 17 heteroatoms. The summed E-state index contributed by atoms with van der Waals surface area (Å²) in [5.74, 6) is -0.140. The Morgan fingerprint density at radius 3 is 1.97 bits per heavy atom. The van der Waals surface area contributed by atoms with Crippen molar-refractivity contribution in [2.24, 2.45) is 51.2 Å². The average molecular weight is 899 g/mol. The van der Waals surface area contributed by atoms with E-state index in [1.54, 1.807) is 0 Å². The summed E-state index contributed by atoms with van der Waals surface area (Å²) in [5.41, 5.74) is -0.487. The zero-order chi connectivity index (χ0) is 45.4. The Bertz CT molecular complexity index is 1710. The normalized spacial score (nSPS) is 57.2. The zero-order valence-corrected chi connectivity index (χ0v) is 37.8. The molecular formula is C46H74O17. The van der Waals surface area contributed by atoms with E-state index in [-0.39, 0.29) is 52.6 Å². The van der Waals surface area contributed by atoms with Gasteiger partial charge >= 0.3 is 0 Å². The molecule has 9 N–H and O–H groups in total. The van der Waals surface area contributed by atoms with Crippen molar-refractivity contribution in [2.45, 2.75) is 191 Å². The van der Waals surface area contributed by atoms with Crippen molar-refractivity contribution < 1.29 is 83.9 Å². The van der Waals surface area contributed by atoms with Gasteiger partial charge in [-0.2, -0.15) is 0 Å². The highest BCUT2D eigenvalue weighted by molar-refractivity contribution is 5.27. The fraction of sp³-hybridized carbons (Fsp3) is 0.957. The van der Waals surface area contributed by atoms with E-state index < -0.39 is 110 Å². The highest BCUT2D eigenvalue weighted by Crippen LogP contribution is 2.80. The lowest BCUT2D eigenvalue weighted by Crippen LogP contribution is -2.68. The van der Waals surface area contributed by atoms with Gasteiger partial charge in [0.05, 0.1) is 44.7 Å². The quantitative estimate of drug-likeness (QED) is 0.113. The molecular weight excluding hydrogens is 824 g/mol. The van der Waals surface area contributed by atoms with Crippen LogP contribution in [0.25, 0.3) is 0 Å². The maximum Gasteiger partial charge on any atom is 0.187 e. The van der Waals surface area contributed by atoms with Gasteiger partial charge in [-0.05, 0) is 93.3 Å². The fourth-order valence-corrected chi connectivity index (χ4v) is 15.5. The van der Waals surface area contributed by atoms with Crippen LogP contribution in [-0.2, 0) is 37.9 Å². The van der Waals surface area contributed by atoms with Gasteiger partial charge in [-0.25, -0.2) is 0 Å². The summed E-state index contributed by atoms with van der Waals surface area (Å²) in [4.78, 5) is 0. The summed E-state index contributed by atoms with van der Waals surface area (Å²) in [7, 11) is 0. The number of allylic oxidation sites excluding steroid dienone is 1. The molecule has 360 valence electrons. The van der Waals surface area contributed by atoms with Gasteiger partial charge in [0.1, 0.15) is 61.0 Å². The molecule has 0 aromatic rings. The smallest absolute Gasteiger partial charge is 0.187 e. The molecule has 5 saturated heterocycles. The fourth-order valence-electron chi connectivity index (χ4n) is 15.5. The van der Waals surface area contributed by atoms with Crippen LogP contribution in [0.3, 0.4) is 0 Å². The Balaban J connectivity index is 0.970. The molecule has 24 atom stereocenters. The number of fused-ring (bicyclic) bond motifs is 4. The molecule has 0 aromatic heterocycles. The Kier molecular flexibility index (Phi) is 12.2. The monoisotopic (exact) mass is 898 g/mol. The van der Waals surface area contributed by atoms with Crippen molar-refractivity contribution in [3.05, 3.63) is 11.6 Å². The summed E-state index contributed by atoms with van der Waals surface area (Å²) in [6.45, 7) is 15.1. The average Bonchev–Trinajstić information content (AvgIpc) is 3.85. The van der Waals surface area contributed by atoms with Crippen LogP contribution < -0.4 is 0 Å². The van der Waals surface area contributed by atoms with E-state index in [4.69, 9.17) is 37.9 Å². The van der Waals surface area contributed by atoms with E-state index in [1.807, 2.05) is 6.92 Å². The SMILES string of the molecule is CC(C)=C[C@@H]1CO[C@]23C[C@]4(CO2)[C@H](CC[C@@H]2[C@@]5(C)CC[C@H](O[C@@H]6OC[C@H](O)[C@H](O[C@@H]7O[C@H](CO)[C@@H](O)[C@H](O)[C@H]7O)[C@H]6O[C@@H]6O[C@@H](CO)[C@H](O)[C@H]6O)C(C)(C)[C@@H]5CC[C@]24C)[C@@H]3[C@@]1(C)O. The third-order valence-corrected chi connectivity index (χ3v) is 18.7. The van der Waals surface area contributed by atoms with Crippen molar-refractivity contribution >= 4 is 0 Å². The van der Waals surface area contributed by atoms with E-state index >= 15 is 0 Å². The minimum atomic E-state index is -1.79. The van der Waals surface area contributed by atoms with E-state index in [2.05, 4.69) is 47.6 Å². The lowest BCUT2D eigenvalue weighted by atomic mass is 9.35. The number of hydrogen-bond donors (Lipinski definition) is 9. The summed E-state index contributed by atoms with van der Waals surface area (Å²) in [5, 5.41) is 96.9. The predicted molar refractivity (Wildman–Crippen MR) is 219 cm³/mol. The van der Waals surface area contributed by atoms with Crippen LogP contribution in [0.1, 0.15) is 93.4 Å². The topological polar surface area (TPSA) is 256 Å². The minimum Gasteiger partial charge on any atom is -0.394 e. The Morgan fingerprint density at radius 2 is 1.32 bits per heavy atom. The van der Waals surface area contributed by atoms with Gasteiger partial charge in [0.2, 0.25) is 0 Å². The molecule has 4 aliphatic carbocycles. The first-order valence-corrected chi connectivity index (χ1v) is 23.4. The minimum absolute atomic E-state index is 0.0626. The Hall–Kier alpha value is -0.940. The van der Waals surface area contributed by atoms with Crippen LogP contribution in [0, 0.1) is 51.2 Å². The molecule has 2 spiro atoms. The summed E-state index contributed by atoms with van der Waals surface area (Å²) in [6.07, 6.45) is -11.3. The lowest BCUT2D eigenvalue weighted by Gasteiger charge is -2.70. The summed E-state index contributed by atoms with van der Waals surface area (Å²) >= 11 is 0. The predicted octanol–water partition coefficient (Wildman–Crippen LogP) is 0.463. The number of aliphatic hydroxyl groups excluding tert-OH is 8. The molecule has 2 bridgehead atoms. The van der Waals surface area contributed by atoms with E-state index in [9.17, 15) is 46.0 Å². The molecule has 0 unspecified atom stereocenters. The number of rotatable bonds is 9. The van der Waals surface area contributed by atoms with Gasteiger partial charge in [-0.3, -0.25) is 0 Å². The molecule has 4 saturated carbocycles. The van der Waals surface area contributed by atoms with Gasteiger partial charge in [-0.15, -0.1) is 0 Å². The second kappa shape index (κ2) is 16.4. The highest BCUT2D eigenvalue weighted by atomic mass is 16.8. The molecule has 63 heavy (non-hydrogen) atoms. The van der Waals surface area contributed by atoms with Gasteiger partial charge in [0.25, 0.3) is 0 Å². The Morgan fingerprint density at radius 1 is 0.683 bits per heavy atom. The zero-order valence-electron chi connectivity index (χ0n) is 37.8. The largest absolute Gasteiger partial charge is 0.394 e. The van der Waals surface area contributed by atoms with Crippen LogP contribution >= 0.6 is 0 Å².